The maximum atomic E-state index is 13.1. The molecule has 0 spiro atoms. The third-order valence-electron chi connectivity index (χ3n) is 7.32. The fourth-order valence-electron chi connectivity index (χ4n) is 5.21. The lowest BCUT2D eigenvalue weighted by molar-refractivity contribution is 0.0643. The summed E-state index contributed by atoms with van der Waals surface area (Å²) in [5.74, 6) is -0.241. The quantitative estimate of drug-likeness (QED) is 0.498. The molecule has 0 bridgehead atoms. The molecule has 0 unspecified atom stereocenters. The van der Waals surface area contributed by atoms with Crippen molar-refractivity contribution in [2.75, 3.05) is 31.9 Å². The molecule has 3 N–H and O–H groups in total. The average molecular weight is 501 g/mol. The van der Waals surface area contributed by atoms with Crippen molar-refractivity contribution in [3.05, 3.63) is 77.5 Å². The largest absolute Gasteiger partial charge is 0.485 e. The summed E-state index contributed by atoms with van der Waals surface area (Å²) in [6, 6.07) is 16.6. The van der Waals surface area contributed by atoms with Crippen molar-refractivity contribution in [3.63, 3.8) is 0 Å². The molecule has 3 aromatic rings. The fraction of sp³-hybridized carbons (Fsp3) is 0.345. The molecule has 2 saturated heterocycles. The summed E-state index contributed by atoms with van der Waals surface area (Å²) in [6.45, 7) is 4.17. The minimum Gasteiger partial charge on any atom is -0.485 e. The normalized spacial score (nSPS) is 16.6. The highest BCUT2D eigenvalue weighted by Crippen LogP contribution is 2.29. The molecule has 0 radical (unpaired) electrons. The van der Waals surface area contributed by atoms with Gasteiger partial charge in [-0.25, -0.2) is 9.78 Å². The molecule has 192 valence electrons. The van der Waals surface area contributed by atoms with Crippen molar-refractivity contribution in [1.82, 2.24) is 14.8 Å². The van der Waals surface area contributed by atoms with Crippen LogP contribution in [0.2, 0.25) is 0 Å². The first-order valence-electron chi connectivity index (χ1n) is 12.8. The van der Waals surface area contributed by atoms with Gasteiger partial charge in [0.1, 0.15) is 6.61 Å². The molecule has 8 nitrogen and oxygen atoms in total. The topological polar surface area (TPSA) is 109 Å². The molecular formula is C29H32N4O4. The zero-order valence-corrected chi connectivity index (χ0v) is 20.8. The van der Waals surface area contributed by atoms with Crippen LogP contribution in [-0.4, -0.2) is 64.0 Å². The first-order valence-corrected chi connectivity index (χ1v) is 12.8. The van der Waals surface area contributed by atoms with E-state index in [0.717, 1.165) is 42.6 Å². The Morgan fingerprint density at radius 1 is 0.946 bits per heavy atom. The van der Waals surface area contributed by atoms with E-state index < -0.39 is 5.97 Å². The van der Waals surface area contributed by atoms with Crippen LogP contribution in [-0.2, 0) is 6.61 Å². The maximum absolute atomic E-state index is 13.1. The second-order valence-corrected chi connectivity index (χ2v) is 9.75. The Balaban J connectivity index is 1.22. The number of pyridine rings is 1. The highest BCUT2D eigenvalue weighted by molar-refractivity contribution is 5.94. The number of carboxylic acids is 1. The van der Waals surface area contributed by atoms with Gasteiger partial charge in [0.15, 0.2) is 11.6 Å². The monoisotopic (exact) mass is 500 g/mol. The predicted octanol–water partition coefficient (Wildman–Crippen LogP) is 4.31. The van der Waals surface area contributed by atoms with E-state index in [1.54, 1.807) is 24.4 Å². The van der Waals surface area contributed by atoms with Gasteiger partial charge in [-0.3, -0.25) is 4.79 Å². The van der Waals surface area contributed by atoms with Crippen molar-refractivity contribution >= 4 is 17.7 Å². The third kappa shape index (κ3) is 5.75. The van der Waals surface area contributed by atoms with E-state index in [1.165, 1.54) is 32.0 Å². The number of nitrogens with zero attached hydrogens (tertiary/aromatic N) is 3. The third-order valence-corrected chi connectivity index (χ3v) is 7.32. The Kier molecular flexibility index (Phi) is 7.37. The summed E-state index contributed by atoms with van der Waals surface area (Å²) in [7, 11) is 0. The van der Waals surface area contributed by atoms with E-state index in [0.29, 0.717) is 17.4 Å². The van der Waals surface area contributed by atoms with Crippen LogP contribution >= 0.6 is 0 Å². The van der Waals surface area contributed by atoms with E-state index in [9.17, 15) is 14.7 Å². The number of piperidine rings is 1. The zero-order chi connectivity index (χ0) is 25.8. The van der Waals surface area contributed by atoms with Gasteiger partial charge in [-0.15, -0.1) is 0 Å². The standard InChI is InChI=1S/C29H32N4O4/c30-27-26(37-19-20-4-3-5-23(16-20)29(35)36)17-24(18-31-27)21-6-8-22(9-7-21)28(34)33-14-10-25(11-15-33)32-12-1-2-13-32/h3-9,16-18,25H,1-2,10-15,19H2,(H2,30,31)(H,35,36). The van der Waals surface area contributed by atoms with E-state index in [4.69, 9.17) is 10.5 Å². The highest BCUT2D eigenvalue weighted by Gasteiger charge is 2.28. The van der Waals surface area contributed by atoms with Gasteiger partial charge < -0.3 is 25.4 Å². The summed E-state index contributed by atoms with van der Waals surface area (Å²) in [6.07, 6.45) is 6.36. The van der Waals surface area contributed by atoms with E-state index in [-0.39, 0.29) is 23.9 Å². The van der Waals surface area contributed by atoms with Crippen LogP contribution in [0.25, 0.3) is 11.1 Å². The van der Waals surface area contributed by atoms with Crippen LogP contribution in [0.1, 0.15) is 52.0 Å². The van der Waals surface area contributed by atoms with E-state index in [1.807, 2.05) is 35.2 Å². The number of amides is 1. The minimum absolute atomic E-state index is 0.0782. The Morgan fingerprint density at radius 3 is 2.38 bits per heavy atom. The molecule has 1 aromatic heterocycles. The number of nitrogens with two attached hydrogens (primary N) is 1. The van der Waals surface area contributed by atoms with Gasteiger partial charge in [-0.1, -0.05) is 24.3 Å². The number of aromatic carboxylic acids is 1. The first kappa shape index (κ1) is 24.8. The van der Waals surface area contributed by atoms with Crippen LogP contribution in [0.3, 0.4) is 0 Å². The average Bonchev–Trinajstić information content (AvgIpc) is 3.48. The zero-order valence-electron chi connectivity index (χ0n) is 20.8. The van der Waals surface area contributed by atoms with Gasteiger partial charge in [0.25, 0.3) is 5.91 Å². The Labute approximate surface area is 216 Å². The van der Waals surface area contributed by atoms with Gasteiger partial charge in [-0.05, 0) is 80.2 Å². The molecular weight excluding hydrogens is 468 g/mol. The molecule has 5 rings (SSSR count). The number of carbonyl (C=O) groups is 2. The molecule has 3 heterocycles. The fourth-order valence-corrected chi connectivity index (χ4v) is 5.21. The highest BCUT2D eigenvalue weighted by atomic mass is 16.5. The molecule has 0 saturated carbocycles. The van der Waals surface area contributed by atoms with Crippen molar-refractivity contribution < 1.29 is 19.4 Å². The van der Waals surface area contributed by atoms with E-state index in [2.05, 4.69) is 9.88 Å². The summed E-state index contributed by atoms with van der Waals surface area (Å²) >= 11 is 0. The Hall–Kier alpha value is -3.91. The predicted molar refractivity (Wildman–Crippen MR) is 142 cm³/mol. The number of hydrogen-bond acceptors (Lipinski definition) is 6. The molecule has 0 aliphatic carbocycles. The van der Waals surface area contributed by atoms with E-state index >= 15 is 0 Å². The molecule has 2 aromatic carbocycles. The van der Waals surface area contributed by atoms with Gasteiger partial charge in [0.05, 0.1) is 5.56 Å². The van der Waals surface area contributed by atoms with Crippen LogP contribution in [0.4, 0.5) is 5.82 Å². The van der Waals surface area contributed by atoms with Crippen LogP contribution < -0.4 is 10.5 Å². The van der Waals surface area contributed by atoms with Crippen molar-refractivity contribution in [2.24, 2.45) is 0 Å². The second kappa shape index (κ2) is 11.0. The molecule has 37 heavy (non-hydrogen) atoms. The maximum Gasteiger partial charge on any atom is 0.335 e. The number of hydrogen-bond donors (Lipinski definition) is 2. The van der Waals surface area contributed by atoms with Crippen LogP contribution in [0.5, 0.6) is 5.75 Å². The molecule has 2 aliphatic rings. The van der Waals surface area contributed by atoms with Crippen molar-refractivity contribution in [1.29, 1.82) is 0 Å². The van der Waals surface area contributed by atoms with Crippen molar-refractivity contribution in [3.8, 4) is 16.9 Å². The lowest BCUT2D eigenvalue weighted by atomic mass is 10.0. The number of benzene rings is 2. The number of aromatic nitrogens is 1. The Bertz CT molecular complexity index is 1260. The summed E-state index contributed by atoms with van der Waals surface area (Å²) in [4.78, 5) is 33.1. The lowest BCUT2D eigenvalue weighted by Crippen LogP contribution is -2.45. The SMILES string of the molecule is Nc1ncc(-c2ccc(C(=O)N3CCC(N4CCCC4)CC3)cc2)cc1OCc1cccc(C(=O)O)c1. The first-order chi connectivity index (χ1) is 18.0. The molecule has 2 fully saturated rings. The lowest BCUT2D eigenvalue weighted by Gasteiger charge is -2.36. The second-order valence-electron chi connectivity index (χ2n) is 9.75. The minimum atomic E-state index is -0.987. The number of anilines is 1. The summed E-state index contributed by atoms with van der Waals surface area (Å²) < 4.78 is 5.86. The van der Waals surface area contributed by atoms with Crippen molar-refractivity contribution in [2.45, 2.75) is 38.3 Å². The number of ether oxygens (including phenoxy) is 1. The number of carbonyl (C=O) groups excluding carboxylic acids is 1. The van der Waals surface area contributed by atoms with Gasteiger partial charge >= 0.3 is 5.97 Å². The van der Waals surface area contributed by atoms with Crippen LogP contribution in [0, 0.1) is 0 Å². The van der Waals surface area contributed by atoms with Gasteiger partial charge in [0, 0.05) is 36.5 Å². The van der Waals surface area contributed by atoms with Crippen LogP contribution in [0.15, 0.2) is 60.8 Å². The number of carboxylic acid groups (broad SMARTS) is 1. The van der Waals surface area contributed by atoms with Gasteiger partial charge in [0.2, 0.25) is 0 Å². The molecule has 8 heteroatoms. The number of rotatable bonds is 7. The smallest absolute Gasteiger partial charge is 0.335 e. The molecule has 0 atom stereocenters. The molecule has 1 amide bonds. The number of nitrogen functional groups attached to an aromatic ring is 1. The number of likely N-dealkylation sites (tertiary alicyclic amines) is 2. The summed E-state index contributed by atoms with van der Waals surface area (Å²) in [5.41, 5.74) is 9.34. The Morgan fingerprint density at radius 2 is 1.68 bits per heavy atom. The summed E-state index contributed by atoms with van der Waals surface area (Å²) in [5, 5.41) is 9.18. The van der Waals surface area contributed by atoms with Gasteiger partial charge in [-0.2, -0.15) is 0 Å². The molecule has 2 aliphatic heterocycles.